The number of amides is 4. The van der Waals surface area contributed by atoms with Gasteiger partial charge in [0.2, 0.25) is 23.6 Å². The lowest BCUT2D eigenvalue weighted by atomic mass is 10.0. The molecule has 294 valence electrons. The summed E-state index contributed by atoms with van der Waals surface area (Å²) in [6.45, 7) is 6.72. The van der Waals surface area contributed by atoms with Gasteiger partial charge in [-0.25, -0.2) is 0 Å². The molecule has 0 rings (SSSR count). The third-order valence-electron chi connectivity index (χ3n) is 8.14. The van der Waals surface area contributed by atoms with Crippen LogP contribution in [0.25, 0.3) is 0 Å². The summed E-state index contributed by atoms with van der Waals surface area (Å²) in [6.07, 6.45) is 11.4. The van der Waals surface area contributed by atoms with E-state index in [1.54, 1.807) is 0 Å². The van der Waals surface area contributed by atoms with Gasteiger partial charge in [-0.15, -0.1) is 11.6 Å². The Morgan fingerprint density at radius 1 is 0.647 bits per heavy atom. The number of nitrogens with one attached hydrogen (secondary N) is 4. The molecule has 0 radical (unpaired) electrons. The lowest BCUT2D eigenvalue weighted by Gasteiger charge is -2.23. The second-order valence-corrected chi connectivity index (χ2v) is 13.4. The first-order valence-corrected chi connectivity index (χ1v) is 18.9. The van der Waals surface area contributed by atoms with Crippen LogP contribution in [-0.2, 0) is 24.0 Å². The van der Waals surface area contributed by atoms with Crippen LogP contribution in [0, 0.1) is 5.92 Å². The molecule has 0 saturated carbocycles. The van der Waals surface area contributed by atoms with Crippen LogP contribution in [0.4, 0.5) is 0 Å². The number of nitrogens with zero attached hydrogens (tertiary/aromatic N) is 2. The van der Waals surface area contributed by atoms with Crippen molar-refractivity contribution in [2.24, 2.45) is 44.6 Å². The minimum Gasteiger partial charge on any atom is -0.370 e. The average Bonchev–Trinajstić information content (AvgIpc) is 3.09. The lowest BCUT2D eigenvalue weighted by molar-refractivity contribution is -0.130. The Morgan fingerprint density at radius 3 is 1.76 bits per heavy atom. The SMILES string of the molecule is CCCCCCCCCC(=O)NC(N)=NCCCC(N)C(=O)NC(C(=O)NCCCCC(N)C(=O)NC(N)=NCCCC(N)C(=O)CCl)C(C)C. The van der Waals surface area contributed by atoms with Crippen molar-refractivity contribution in [3.63, 3.8) is 0 Å². The number of aliphatic imine (C=N–C) groups is 2. The highest BCUT2D eigenvalue weighted by Crippen LogP contribution is 2.08. The monoisotopic (exact) mass is 743 g/mol. The van der Waals surface area contributed by atoms with Gasteiger partial charge in [0.1, 0.15) is 6.04 Å². The molecule has 0 aliphatic rings. The standard InChI is InChI=1S/C34H66ClN11O5/c1-4-5-6-7-8-9-10-18-28(48)44-33(39)42-21-14-17-26(38)30(49)45-29(23(2)3)32(51)41-19-12-11-15-25(37)31(50)46-34(40)43-20-13-16-24(36)27(47)22-35/h23-26,29H,4-22,36-38H2,1-3H3,(H,41,51)(H,45,49)(H3,39,42,44,48)(H3,40,43,46,50). The lowest BCUT2D eigenvalue weighted by Crippen LogP contribution is -2.53. The topological polar surface area (TPSA) is 288 Å². The molecule has 16 nitrogen and oxygen atoms in total. The number of nitrogens with two attached hydrogens (primary N) is 5. The molecule has 17 heteroatoms. The van der Waals surface area contributed by atoms with E-state index in [0.717, 1.165) is 19.3 Å². The zero-order valence-electron chi connectivity index (χ0n) is 31.0. The molecule has 0 fully saturated rings. The van der Waals surface area contributed by atoms with Crippen molar-refractivity contribution >= 4 is 52.9 Å². The largest absolute Gasteiger partial charge is 0.370 e. The van der Waals surface area contributed by atoms with Crippen LogP contribution in [0.2, 0.25) is 0 Å². The van der Waals surface area contributed by atoms with Gasteiger partial charge < -0.3 is 39.3 Å². The number of carbonyl (C=O) groups is 5. The average molecular weight is 744 g/mol. The molecule has 51 heavy (non-hydrogen) atoms. The van der Waals surface area contributed by atoms with Crippen molar-refractivity contribution in [1.29, 1.82) is 0 Å². The van der Waals surface area contributed by atoms with E-state index in [0.29, 0.717) is 64.5 Å². The van der Waals surface area contributed by atoms with Gasteiger partial charge in [0.05, 0.1) is 24.0 Å². The molecule has 0 bridgehead atoms. The maximum Gasteiger partial charge on any atom is 0.243 e. The van der Waals surface area contributed by atoms with Gasteiger partial charge in [-0.3, -0.25) is 44.6 Å². The smallest absolute Gasteiger partial charge is 0.243 e. The Morgan fingerprint density at radius 2 is 1.18 bits per heavy atom. The maximum atomic E-state index is 12.8. The fourth-order valence-electron chi connectivity index (χ4n) is 4.90. The molecule has 4 amide bonds. The maximum absolute atomic E-state index is 12.8. The van der Waals surface area contributed by atoms with Crippen LogP contribution in [0.5, 0.6) is 0 Å². The third-order valence-corrected chi connectivity index (χ3v) is 8.41. The molecule has 0 saturated heterocycles. The van der Waals surface area contributed by atoms with Gasteiger partial charge in [0, 0.05) is 26.1 Å². The van der Waals surface area contributed by atoms with Crippen molar-refractivity contribution < 1.29 is 24.0 Å². The highest BCUT2D eigenvalue weighted by Gasteiger charge is 2.26. The first-order valence-electron chi connectivity index (χ1n) is 18.4. The van der Waals surface area contributed by atoms with Crippen molar-refractivity contribution in [3.8, 4) is 0 Å². The Labute approximate surface area is 309 Å². The summed E-state index contributed by atoms with van der Waals surface area (Å²) in [5, 5.41) is 10.6. The zero-order valence-corrected chi connectivity index (χ0v) is 31.8. The van der Waals surface area contributed by atoms with Crippen LogP contribution in [0.1, 0.15) is 117 Å². The molecule has 4 unspecified atom stereocenters. The summed E-state index contributed by atoms with van der Waals surface area (Å²) in [5.74, 6) is -2.03. The highest BCUT2D eigenvalue weighted by atomic mass is 35.5. The molecule has 0 aromatic heterocycles. The van der Waals surface area contributed by atoms with Crippen molar-refractivity contribution in [3.05, 3.63) is 0 Å². The summed E-state index contributed by atoms with van der Waals surface area (Å²) >= 11 is 5.48. The number of halogens is 1. The summed E-state index contributed by atoms with van der Waals surface area (Å²) in [6, 6.07) is -3.11. The molecule has 4 atom stereocenters. The van der Waals surface area contributed by atoms with E-state index in [-0.39, 0.29) is 47.9 Å². The molecule has 0 heterocycles. The minimum absolute atomic E-state index is 0.0464. The highest BCUT2D eigenvalue weighted by molar-refractivity contribution is 6.28. The minimum atomic E-state index is -0.848. The van der Waals surface area contributed by atoms with Crippen LogP contribution in [0.15, 0.2) is 9.98 Å². The number of ketones is 1. The zero-order chi connectivity index (χ0) is 38.6. The number of Topliss-reactive ketones (excluding diaryl/α,β-unsaturated/α-hetero) is 1. The fourth-order valence-corrected chi connectivity index (χ4v) is 5.09. The van der Waals surface area contributed by atoms with E-state index in [1.165, 1.54) is 25.7 Å². The molecule has 0 aliphatic heterocycles. The number of carbonyl (C=O) groups excluding carboxylic acids is 5. The van der Waals surface area contributed by atoms with Gasteiger partial charge in [-0.05, 0) is 57.3 Å². The van der Waals surface area contributed by atoms with E-state index >= 15 is 0 Å². The van der Waals surface area contributed by atoms with Crippen molar-refractivity contribution in [2.75, 3.05) is 25.5 Å². The second-order valence-electron chi connectivity index (χ2n) is 13.2. The normalized spacial score (nSPS) is 14.4. The Bertz CT molecular complexity index is 1110. The van der Waals surface area contributed by atoms with Gasteiger partial charge in [-0.1, -0.05) is 59.3 Å². The summed E-state index contributed by atoms with van der Waals surface area (Å²) in [4.78, 5) is 69.6. The number of alkyl halides is 1. The number of rotatable bonds is 28. The van der Waals surface area contributed by atoms with Gasteiger partial charge in [0.25, 0.3) is 0 Å². The van der Waals surface area contributed by atoms with E-state index in [4.69, 9.17) is 40.3 Å². The number of unbranched alkanes of at least 4 members (excludes halogenated alkanes) is 7. The summed E-state index contributed by atoms with van der Waals surface area (Å²) in [7, 11) is 0. The van der Waals surface area contributed by atoms with Crippen molar-refractivity contribution in [1.82, 2.24) is 21.3 Å². The third kappa shape index (κ3) is 24.5. The van der Waals surface area contributed by atoms with Gasteiger partial charge in [-0.2, -0.15) is 0 Å². The van der Waals surface area contributed by atoms with E-state index < -0.39 is 36.0 Å². The van der Waals surface area contributed by atoms with Crippen LogP contribution in [0.3, 0.4) is 0 Å². The van der Waals surface area contributed by atoms with E-state index in [1.807, 2.05) is 13.8 Å². The van der Waals surface area contributed by atoms with Crippen LogP contribution in [-0.4, -0.2) is 91.0 Å². The molecular weight excluding hydrogens is 678 g/mol. The van der Waals surface area contributed by atoms with Gasteiger partial charge >= 0.3 is 0 Å². The molecule has 14 N–H and O–H groups in total. The second kappa shape index (κ2) is 29.3. The number of guanidine groups is 2. The molecule has 0 spiro atoms. The van der Waals surface area contributed by atoms with Crippen molar-refractivity contribution in [2.45, 2.75) is 141 Å². The predicted octanol–water partition coefficient (Wildman–Crippen LogP) is 0.766. The fraction of sp³-hybridized carbons (Fsp3) is 0.794. The van der Waals surface area contributed by atoms with E-state index in [2.05, 4.69) is 38.2 Å². The van der Waals surface area contributed by atoms with Crippen LogP contribution >= 0.6 is 11.6 Å². The van der Waals surface area contributed by atoms with E-state index in [9.17, 15) is 24.0 Å². The van der Waals surface area contributed by atoms with Gasteiger partial charge in [0.15, 0.2) is 17.7 Å². The summed E-state index contributed by atoms with van der Waals surface area (Å²) < 4.78 is 0. The Kier molecular flexibility index (Phi) is 27.3. The number of hydrogen-bond acceptors (Lipinski definition) is 10. The predicted molar refractivity (Wildman–Crippen MR) is 204 cm³/mol. The van der Waals surface area contributed by atoms with Crippen LogP contribution < -0.4 is 49.9 Å². The summed E-state index contributed by atoms with van der Waals surface area (Å²) in [5.41, 5.74) is 29.3. The first kappa shape index (κ1) is 47.7. The molecule has 0 aromatic carbocycles. The number of hydrogen-bond donors (Lipinski definition) is 9. The quantitative estimate of drug-likeness (QED) is 0.0235. The molecule has 0 aromatic rings. The Hall–Kier alpha value is -3.34. The first-order chi connectivity index (χ1) is 24.2. The molecule has 0 aliphatic carbocycles. The molecular formula is C34H66ClN11O5. The Balaban J connectivity index is 4.36.